The van der Waals surface area contributed by atoms with Gasteiger partial charge in [-0.05, 0) is 31.2 Å². The summed E-state index contributed by atoms with van der Waals surface area (Å²) in [6.07, 6.45) is 0.197. The number of rotatable bonds is 5. The molecule has 2 heterocycles. The summed E-state index contributed by atoms with van der Waals surface area (Å²) in [4.78, 5) is 43.6. The fourth-order valence-electron chi connectivity index (χ4n) is 4.21. The number of hydrogen-bond acceptors (Lipinski definition) is 4. The van der Waals surface area contributed by atoms with Gasteiger partial charge in [-0.15, -0.1) is 0 Å². The van der Waals surface area contributed by atoms with E-state index in [0.717, 1.165) is 0 Å². The maximum absolute atomic E-state index is 13.1. The lowest BCUT2D eigenvalue weighted by atomic mass is 10.1. The van der Waals surface area contributed by atoms with Gasteiger partial charge in [0.05, 0.1) is 18.2 Å². The molecule has 2 fully saturated rings. The second-order valence-electron chi connectivity index (χ2n) is 7.79. The normalized spacial score (nSPS) is 18.9. The Kier molecular flexibility index (Phi) is 6.21. The van der Waals surface area contributed by atoms with Crippen LogP contribution in [0.2, 0.25) is 0 Å². The van der Waals surface area contributed by atoms with E-state index in [0.29, 0.717) is 56.3 Å². The molecule has 2 saturated heterocycles. The molecule has 1 unspecified atom stereocenters. The van der Waals surface area contributed by atoms with E-state index in [9.17, 15) is 14.4 Å². The summed E-state index contributed by atoms with van der Waals surface area (Å²) in [5.41, 5.74) is 1.37. The standard InChI is InChI=1S/C24H27N3O4/c1-2-31-21-11-7-6-10-20(21)27-17-19(16-22(27)28)24(30)26-14-12-25(13-15-26)23(29)18-8-4-3-5-9-18/h3-11,19H,2,12-17H2,1H3. The summed E-state index contributed by atoms with van der Waals surface area (Å²) in [5.74, 6) is 0.181. The van der Waals surface area contributed by atoms with Gasteiger partial charge in [-0.2, -0.15) is 0 Å². The van der Waals surface area contributed by atoms with Crippen LogP contribution < -0.4 is 9.64 Å². The molecule has 7 heteroatoms. The zero-order valence-corrected chi connectivity index (χ0v) is 17.7. The maximum atomic E-state index is 13.1. The maximum Gasteiger partial charge on any atom is 0.253 e. The first-order valence-corrected chi connectivity index (χ1v) is 10.7. The van der Waals surface area contributed by atoms with Crippen LogP contribution in [-0.2, 0) is 9.59 Å². The molecule has 2 aliphatic rings. The van der Waals surface area contributed by atoms with Gasteiger partial charge in [-0.1, -0.05) is 30.3 Å². The average molecular weight is 421 g/mol. The van der Waals surface area contributed by atoms with Crippen LogP contribution >= 0.6 is 0 Å². The lowest BCUT2D eigenvalue weighted by Crippen LogP contribution is -2.52. The molecule has 0 bridgehead atoms. The minimum atomic E-state index is -0.376. The Balaban J connectivity index is 1.37. The molecule has 0 aliphatic carbocycles. The minimum Gasteiger partial charge on any atom is -0.492 e. The molecule has 0 spiro atoms. The quantitative estimate of drug-likeness (QED) is 0.744. The van der Waals surface area contributed by atoms with E-state index < -0.39 is 0 Å². The van der Waals surface area contributed by atoms with Crippen molar-refractivity contribution in [3.63, 3.8) is 0 Å². The van der Waals surface area contributed by atoms with E-state index >= 15 is 0 Å². The number of ether oxygens (including phenoxy) is 1. The van der Waals surface area contributed by atoms with Crippen LogP contribution in [0, 0.1) is 5.92 Å². The second kappa shape index (κ2) is 9.20. The Morgan fingerprint density at radius 1 is 0.935 bits per heavy atom. The highest BCUT2D eigenvalue weighted by Crippen LogP contribution is 2.33. The third-order valence-electron chi connectivity index (χ3n) is 5.83. The molecule has 4 rings (SSSR count). The van der Waals surface area contributed by atoms with E-state index in [2.05, 4.69) is 0 Å². The van der Waals surface area contributed by atoms with Gasteiger partial charge in [0.25, 0.3) is 5.91 Å². The van der Waals surface area contributed by atoms with Gasteiger partial charge in [0.15, 0.2) is 0 Å². The Hall–Kier alpha value is -3.35. The van der Waals surface area contributed by atoms with Crippen molar-refractivity contribution in [1.82, 2.24) is 9.80 Å². The molecule has 3 amide bonds. The van der Waals surface area contributed by atoms with Crippen molar-refractivity contribution in [3.8, 4) is 5.75 Å². The van der Waals surface area contributed by atoms with Crippen molar-refractivity contribution in [2.75, 3.05) is 44.2 Å². The molecule has 1 atom stereocenters. The summed E-state index contributed by atoms with van der Waals surface area (Å²) < 4.78 is 5.65. The highest BCUT2D eigenvalue weighted by molar-refractivity contribution is 6.01. The van der Waals surface area contributed by atoms with Crippen LogP contribution in [-0.4, -0.2) is 66.9 Å². The Morgan fingerprint density at radius 2 is 1.58 bits per heavy atom. The van der Waals surface area contributed by atoms with Gasteiger partial charge in [0, 0.05) is 44.7 Å². The van der Waals surface area contributed by atoms with Crippen LogP contribution in [0.1, 0.15) is 23.7 Å². The zero-order chi connectivity index (χ0) is 21.8. The number of amides is 3. The Morgan fingerprint density at radius 3 is 2.29 bits per heavy atom. The van der Waals surface area contributed by atoms with E-state index in [1.165, 1.54) is 0 Å². The number of para-hydroxylation sites is 2. The molecule has 162 valence electrons. The lowest BCUT2D eigenvalue weighted by molar-refractivity contribution is -0.137. The third-order valence-corrected chi connectivity index (χ3v) is 5.83. The fraction of sp³-hybridized carbons (Fsp3) is 0.375. The number of piperazine rings is 1. The number of anilines is 1. The molecular formula is C24H27N3O4. The first-order valence-electron chi connectivity index (χ1n) is 10.7. The van der Waals surface area contributed by atoms with Crippen LogP contribution in [0.3, 0.4) is 0 Å². The van der Waals surface area contributed by atoms with Crippen molar-refractivity contribution >= 4 is 23.4 Å². The van der Waals surface area contributed by atoms with Crippen LogP contribution in [0.15, 0.2) is 54.6 Å². The molecular weight excluding hydrogens is 394 g/mol. The van der Waals surface area contributed by atoms with Crippen molar-refractivity contribution in [1.29, 1.82) is 0 Å². The lowest BCUT2D eigenvalue weighted by Gasteiger charge is -2.36. The summed E-state index contributed by atoms with van der Waals surface area (Å²) >= 11 is 0. The molecule has 2 aromatic carbocycles. The number of carbonyl (C=O) groups excluding carboxylic acids is 3. The van der Waals surface area contributed by atoms with Gasteiger partial charge in [0.2, 0.25) is 11.8 Å². The first-order chi connectivity index (χ1) is 15.1. The summed E-state index contributed by atoms with van der Waals surface area (Å²) in [6, 6.07) is 16.6. The number of benzene rings is 2. The van der Waals surface area contributed by atoms with Crippen molar-refractivity contribution in [2.45, 2.75) is 13.3 Å². The Labute approximate surface area is 182 Å². The predicted molar refractivity (Wildman–Crippen MR) is 117 cm³/mol. The molecule has 2 aromatic rings. The van der Waals surface area contributed by atoms with Crippen LogP contribution in [0.25, 0.3) is 0 Å². The van der Waals surface area contributed by atoms with E-state index in [-0.39, 0.29) is 30.1 Å². The average Bonchev–Trinajstić information content (AvgIpc) is 3.21. The molecule has 0 aromatic heterocycles. The van der Waals surface area contributed by atoms with Gasteiger partial charge >= 0.3 is 0 Å². The van der Waals surface area contributed by atoms with Crippen LogP contribution in [0.5, 0.6) is 5.75 Å². The second-order valence-corrected chi connectivity index (χ2v) is 7.79. The highest BCUT2D eigenvalue weighted by Gasteiger charge is 2.39. The number of carbonyl (C=O) groups is 3. The summed E-state index contributed by atoms with van der Waals surface area (Å²) in [6.45, 7) is 4.72. The van der Waals surface area contributed by atoms with Gasteiger partial charge in [-0.3, -0.25) is 14.4 Å². The highest BCUT2D eigenvalue weighted by atomic mass is 16.5. The first kappa shape index (κ1) is 20.9. The van der Waals surface area contributed by atoms with Crippen molar-refractivity contribution < 1.29 is 19.1 Å². The van der Waals surface area contributed by atoms with Crippen molar-refractivity contribution in [3.05, 3.63) is 60.2 Å². The van der Waals surface area contributed by atoms with E-state index in [1.54, 1.807) is 26.8 Å². The van der Waals surface area contributed by atoms with Crippen LogP contribution in [0.4, 0.5) is 5.69 Å². The number of hydrogen-bond donors (Lipinski definition) is 0. The largest absolute Gasteiger partial charge is 0.492 e. The smallest absolute Gasteiger partial charge is 0.253 e. The minimum absolute atomic E-state index is 0.0116. The third kappa shape index (κ3) is 4.40. The fourth-order valence-corrected chi connectivity index (χ4v) is 4.21. The molecule has 0 saturated carbocycles. The van der Waals surface area contributed by atoms with Gasteiger partial charge in [0.1, 0.15) is 5.75 Å². The molecule has 2 aliphatic heterocycles. The number of nitrogens with zero attached hydrogens (tertiary/aromatic N) is 3. The molecule has 31 heavy (non-hydrogen) atoms. The topological polar surface area (TPSA) is 70.2 Å². The molecule has 0 radical (unpaired) electrons. The zero-order valence-electron chi connectivity index (χ0n) is 17.7. The Bertz CT molecular complexity index is 954. The van der Waals surface area contributed by atoms with E-state index in [4.69, 9.17) is 4.74 Å². The molecule has 7 nitrogen and oxygen atoms in total. The van der Waals surface area contributed by atoms with Gasteiger partial charge < -0.3 is 19.4 Å². The van der Waals surface area contributed by atoms with Crippen molar-refractivity contribution in [2.24, 2.45) is 5.92 Å². The monoisotopic (exact) mass is 421 g/mol. The molecule has 0 N–H and O–H groups in total. The SMILES string of the molecule is CCOc1ccccc1N1CC(C(=O)N2CCN(C(=O)c3ccccc3)CC2)CC1=O. The van der Waals surface area contributed by atoms with E-state index in [1.807, 2.05) is 49.4 Å². The predicted octanol–water partition coefficient (Wildman–Crippen LogP) is 2.42. The summed E-state index contributed by atoms with van der Waals surface area (Å²) in [5, 5.41) is 0. The summed E-state index contributed by atoms with van der Waals surface area (Å²) in [7, 11) is 0. The van der Waals surface area contributed by atoms with Gasteiger partial charge in [-0.25, -0.2) is 0 Å².